The fourth-order valence-electron chi connectivity index (χ4n) is 3.83. The molecule has 1 fully saturated rings. The Morgan fingerprint density at radius 2 is 1.94 bits per heavy atom. The molecule has 0 aliphatic carbocycles. The summed E-state index contributed by atoms with van der Waals surface area (Å²) in [6, 6.07) is 11.4. The second-order valence-electron chi connectivity index (χ2n) is 7.71. The Balaban J connectivity index is 1.47. The molecule has 0 bridgehead atoms. The first-order valence-electron chi connectivity index (χ1n) is 10.7. The van der Waals surface area contributed by atoms with E-state index in [1.54, 1.807) is 38.7 Å². The predicted molar refractivity (Wildman–Crippen MR) is 128 cm³/mol. The smallest absolute Gasteiger partial charge is 0.274 e. The van der Waals surface area contributed by atoms with Crippen LogP contribution in [0.2, 0.25) is 0 Å². The Labute approximate surface area is 190 Å². The molecule has 5 rings (SSSR count). The number of aromatic nitrogens is 4. The molecule has 1 aliphatic heterocycles. The van der Waals surface area contributed by atoms with E-state index in [4.69, 9.17) is 9.47 Å². The lowest BCUT2D eigenvalue weighted by molar-refractivity contribution is 0.122. The largest absolute Gasteiger partial charge is 0.494 e. The number of benzene rings is 1. The summed E-state index contributed by atoms with van der Waals surface area (Å²) in [4.78, 5) is 27.1. The summed E-state index contributed by atoms with van der Waals surface area (Å²) in [6.45, 7) is 3.12. The normalized spacial score (nSPS) is 13.8. The SMILES string of the molecule is COc1cc(N2CCOCC2)ccc1Nc1nc(Nc2cccn(C)c2=O)c2cc[nH]c2n1. The molecule has 0 amide bonds. The van der Waals surface area contributed by atoms with E-state index < -0.39 is 0 Å². The van der Waals surface area contributed by atoms with Crippen molar-refractivity contribution in [2.24, 2.45) is 7.05 Å². The zero-order valence-electron chi connectivity index (χ0n) is 18.5. The van der Waals surface area contributed by atoms with Gasteiger partial charge in [-0.1, -0.05) is 0 Å². The van der Waals surface area contributed by atoms with Gasteiger partial charge in [-0.2, -0.15) is 9.97 Å². The topological polar surface area (TPSA) is 109 Å². The van der Waals surface area contributed by atoms with E-state index in [2.05, 4.69) is 30.5 Å². The molecule has 0 radical (unpaired) electrons. The molecular formula is C23H25N7O3. The molecule has 33 heavy (non-hydrogen) atoms. The first-order chi connectivity index (χ1) is 16.1. The number of methoxy groups -OCH3 is 1. The van der Waals surface area contributed by atoms with E-state index in [9.17, 15) is 4.79 Å². The molecule has 0 unspecified atom stereocenters. The minimum absolute atomic E-state index is 0.144. The highest BCUT2D eigenvalue weighted by molar-refractivity contribution is 5.90. The van der Waals surface area contributed by atoms with Crippen LogP contribution >= 0.6 is 0 Å². The molecule has 1 saturated heterocycles. The highest BCUT2D eigenvalue weighted by Crippen LogP contribution is 2.33. The van der Waals surface area contributed by atoms with Crippen LogP contribution in [0.5, 0.6) is 5.75 Å². The summed E-state index contributed by atoms with van der Waals surface area (Å²) < 4.78 is 12.6. The van der Waals surface area contributed by atoms with Crippen LogP contribution in [0.15, 0.2) is 53.6 Å². The average molecular weight is 447 g/mol. The van der Waals surface area contributed by atoms with Crippen LogP contribution in [0.1, 0.15) is 0 Å². The molecule has 10 nitrogen and oxygen atoms in total. The van der Waals surface area contributed by atoms with Crippen LogP contribution in [0.25, 0.3) is 11.0 Å². The van der Waals surface area contributed by atoms with Crippen LogP contribution < -0.4 is 25.8 Å². The van der Waals surface area contributed by atoms with Gasteiger partial charge in [0.05, 0.1) is 31.4 Å². The Kier molecular flexibility index (Phi) is 5.57. The van der Waals surface area contributed by atoms with Gasteiger partial charge in [0.25, 0.3) is 5.56 Å². The third-order valence-electron chi connectivity index (χ3n) is 5.60. The molecule has 4 heterocycles. The van der Waals surface area contributed by atoms with Crippen molar-refractivity contribution < 1.29 is 9.47 Å². The molecule has 10 heteroatoms. The van der Waals surface area contributed by atoms with E-state index in [-0.39, 0.29) is 5.56 Å². The number of nitrogens with zero attached hydrogens (tertiary/aromatic N) is 4. The molecule has 3 N–H and O–H groups in total. The number of hydrogen-bond acceptors (Lipinski definition) is 8. The fourth-order valence-corrected chi connectivity index (χ4v) is 3.83. The van der Waals surface area contributed by atoms with Crippen molar-refractivity contribution in [1.82, 2.24) is 19.5 Å². The van der Waals surface area contributed by atoms with Crippen LogP contribution in [-0.2, 0) is 11.8 Å². The summed E-state index contributed by atoms with van der Waals surface area (Å²) in [7, 11) is 3.34. The number of ether oxygens (including phenoxy) is 2. The van der Waals surface area contributed by atoms with E-state index in [0.29, 0.717) is 42.1 Å². The van der Waals surface area contributed by atoms with Crippen LogP contribution in [0, 0.1) is 0 Å². The van der Waals surface area contributed by atoms with E-state index in [1.807, 2.05) is 24.3 Å². The predicted octanol–water partition coefficient (Wildman–Crippen LogP) is 2.99. The second-order valence-corrected chi connectivity index (χ2v) is 7.71. The maximum absolute atomic E-state index is 12.5. The number of hydrogen-bond donors (Lipinski definition) is 3. The summed E-state index contributed by atoms with van der Waals surface area (Å²) >= 11 is 0. The Morgan fingerprint density at radius 1 is 1.09 bits per heavy atom. The van der Waals surface area contributed by atoms with Crippen molar-refractivity contribution in [1.29, 1.82) is 0 Å². The maximum Gasteiger partial charge on any atom is 0.274 e. The summed E-state index contributed by atoms with van der Waals surface area (Å²) in [5.74, 6) is 1.58. The zero-order chi connectivity index (χ0) is 22.8. The number of H-pyrrole nitrogens is 1. The van der Waals surface area contributed by atoms with E-state index >= 15 is 0 Å². The molecule has 4 aromatic rings. The van der Waals surface area contributed by atoms with Crippen molar-refractivity contribution in [3.05, 3.63) is 59.1 Å². The Morgan fingerprint density at radius 3 is 2.76 bits per heavy atom. The monoisotopic (exact) mass is 447 g/mol. The highest BCUT2D eigenvalue weighted by Gasteiger charge is 2.16. The Hall–Kier alpha value is -4.05. The Bertz CT molecular complexity index is 1340. The van der Waals surface area contributed by atoms with Crippen LogP contribution in [0.3, 0.4) is 0 Å². The summed E-state index contributed by atoms with van der Waals surface area (Å²) in [5, 5.41) is 7.19. The lowest BCUT2D eigenvalue weighted by Gasteiger charge is -2.29. The number of anilines is 5. The average Bonchev–Trinajstić information content (AvgIpc) is 3.32. The summed E-state index contributed by atoms with van der Waals surface area (Å²) in [6.07, 6.45) is 3.49. The lowest BCUT2D eigenvalue weighted by Crippen LogP contribution is -2.36. The van der Waals surface area contributed by atoms with Gasteiger partial charge in [0.15, 0.2) is 0 Å². The molecule has 1 aliphatic rings. The first kappa shape index (κ1) is 20.8. The van der Waals surface area contributed by atoms with Crippen LogP contribution in [0.4, 0.5) is 28.8 Å². The van der Waals surface area contributed by atoms with Crippen molar-refractivity contribution in [2.45, 2.75) is 0 Å². The van der Waals surface area contributed by atoms with Gasteiger partial charge in [0.2, 0.25) is 5.95 Å². The third-order valence-corrected chi connectivity index (χ3v) is 5.60. The molecule has 3 aromatic heterocycles. The van der Waals surface area contributed by atoms with Gasteiger partial charge in [0, 0.05) is 44.3 Å². The molecule has 0 atom stereocenters. The first-order valence-corrected chi connectivity index (χ1v) is 10.7. The van der Waals surface area contributed by atoms with Crippen molar-refractivity contribution in [2.75, 3.05) is 48.9 Å². The summed E-state index contributed by atoms with van der Waals surface area (Å²) in [5.41, 5.74) is 2.74. The second kappa shape index (κ2) is 8.83. The van der Waals surface area contributed by atoms with Crippen molar-refractivity contribution >= 4 is 39.9 Å². The third kappa shape index (κ3) is 4.20. The lowest BCUT2D eigenvalue weighted by atomic mass is 10.2. The molecule has 0 spiro atoms. The molecular weight excluding hydrogens is 422 g/mol. The quantitative estimate of drug-likeness (QED) is 0.414. The molecule has 170 valence electrons. The molecule has 1 aromatic carbocycles. The minimum atomic E-state index is -0.144. The standard InChI is InChI=1S/C23H25N7O3/c1-29-9-3-4-18(22(29)31)25-21-16-7-8-24-20(16)27-23(28-21)26-17-6-5-15(14-19(17)32-2)30-10-12-33-13-11-30/h3-9,14H,10-13H2,1-2H3,(H3,24,25,26,27,28). The zero-order valence-corrected chi connectivity index (χ0v) is 18.5. The number of pyridine rings is 1. The van der Waals surface area contributed by atoms with E-state index in [0.717, 1.165) is 29.9 Å². The van der Waals surface area contributed by atoms with Gasteiger partial charge in [0.1, 0.15) is 22.9 Å². The number of aromatic amines is 1. The maximum atomic E-state index is 12.5. The van der Waals surface area contributed by atoms with Gasteiger partial charge < -0.3 is 34.6 Å². The van der Waals surface area contributed by atoms with Gasteiger partial charge in [-0.15, -0.1) is 0 Å². The minimum Gasteiger partial charge on any atom is -0.494 e. The highest BCUT2D eigenvalue weighted by atomic mass is 16.5. The van der Waals surface area contributed by atoms with Crippen LogP contribution in [-0.4, -0.2) is 52.9 Å². The number of aryl methyl sites for hydroxylation is 1. The van der Waals surface area contributed by atoms with Gasteiger partial charge in [-0.05, 0) is 30.3 Å². The number of morpholine rings is 1. The van der Waals surface area contributed by atoms with E-state index in [1.165, 1.54) is 4.57 Å². The number of rotatable bonds is 6. The van der Waals surface area contributed by atoms with Gasteiger partial charge in [-0.25, -0.2) is 0 Å². The fraction of sp³-hybridized carbons (Fsp3) is 0.261. The number of fused-ring (bicyclic) bond motifs is 1. The van der Waals surface area contributed by atoms with Crippen molar-refractivity contribution in [3.63, 3.8) is 0 Å². The number of nitrogens with one attached hydrogen (secondary N) is 3. The van der Waals surface area contributed by atoms with Crippen molar-refractivity contribution in [3.8, 4) is 5.75 Å². The molecule has 0 saturated carbocycles. The van der Waals surface area contributed by atoms with Gasteiger partial charge in [-0.3, -0.25) is 4.79 Å². The van der Waals surface area contributed by atoms with Gasteiger partial charge >= 0.3 is 0 Å².